The lowest BCUT2D eigenvalue weighted by Gasteiger charge is -2.26. The molecule has 1 heterocycles. The molecule has 1 aliphatic rings. The Morgan fingerprint density at radius 2 is 1.59 bits per heavy atom. The van der Waals surface area contributed by atoms with E-state index in [0.717, 1.165) is 19.8 Å². The summed E-state index contributed by atoms with van der Waals surface area (Å²) < 4.78 is 5.82. The zero-order valence-corrected chi connectivity index (χ0v) is 12.1. The van der Waals surface area contributed by atoms with Crippen molar-refractivity contribution in [1.82, 2.24) is 4.90 Å². The smallest absolute Gasteiger partial charge is 0.0593 e. The molecule has 0 atom stereocenters. The van der Waals surface area contributed by atoms with E-state index in [2.05, 4.69) is 25.7 Å². The van der Waals surface area contributed by atoms with Crippen LogP contribution in [0.4, 0.5) is 0 Å². The average Bonchev–Trinajstić information content (AvgIpc) is 2.26. The van der Waals surface area contributed by atoms with Gasteiger partial charge in [-0.1, -0.05) is 40.0 Å². The Kier molecular flexibility index (Phi) is 7.14. The lowest BCUT2D eigenvalue weighted by Crippen LogP contribution is -2.31. The van der Waals surface area contributed by atoms with Crippen molar-refractivity contribution in [1.29, 1.82) is 0 Å². The summed E-state index contributed by atoms with van der Waals surface area (Å²) in [6.07, 6.45) is 8.22. The molecule has 0 aromatic rings. The Balaban J connectivity index is 2.08. The van der Waals surface area contributed by atoms with Crippen LogP contribution in [0.15, 0.2) is 0 Å². The Bertz CT molecular complexity index is 183. The van der Waals surface area contributed by atoms with Crippen molar-refractivity contribution in [3.05, 3.63) is 0 Å². The molecule has 102 valence electrons. The fourth-order valence-corrected chi connectivity index (χ4v) is 2.18. The van der Waals surface area contributed by atoms with Crippen LogP contribution in [0.5, 0.6) is 0 Å². The first-order valence-corrected chi connectivity index (χ1v) is 7.44. The van der Waals surface area contributed by atoms with Crippen molar-refractivity contribution >= 4 is 0 Å². The fraction of sp³-hybridized carbons (Fsp3) is 1.00. The minimum atomic E-state index is 0.344. The third-order valence-electron chi connectivity index (χ3n) is 3.95. The highest BCUT2D eigenvalue weighted by atomic mass is 16.5. The highest BCUT2D eigenvalue weighted by molar-refractivity contribution is 4.66. The van der Waals surface area contributed by atoms with Gasteiger partial charge in [0.05, 0.1) is 13.2 Å². The minimum absolute atomic E-state index is 0.344. The highest BCUT2D eigenvalue weighted by Crippen LogP contribution is 2.19. The SMILES string of the molecule is CCC(C)(C)COCCN1CCCCCCC1. The first-order chi connectivity index (χ1) is 8.14. The van der Waals surface area contributed by atoms with E-state index in [1.807, 2.05) is 0 Å². The molecule has 2 heteroatoms. The molecule has 1 aliphatic heterocycles. The topological polar surface area (TPSA) is 12.5 Å². The summed E-state index contributed by atoms with van der Waals surface area (Å²) in [5.74, 6) is 0. The van der Waals surface area contributed by atoms with Crippen LogP contribution in [0.1, 0.15) is 59.3 Å². The van der Waals surface area contributed by atoms with Crippen LogP contribution in [0, 0.1) is 5.41 Å². The Morgan fingerprint density at radius 3 is 2.18 bits per heavy atom. The number of ether oxygens (including phenoxy) is 1. The second kappa shape index (κ2) is 8.10. The van der Waals surface area contributed by atoms with Gasteiger partial charge in [-0.3, -0.25) is 0 Å². The van der Waals surface area contributed by atoms with Crippen LogP contribution in [-0.4, -0.2) is 37.7 Å². The third-order valence-corrected chi connectivity index (χ3v) is 3.95. The monoisotopic (exact) mass is 241 g/mol. The Morgan fingerprint density at radius 1 is 1.00 bits per heavy atom. The zero-order valence-electron chi connectivity index (χ0n) is 12.1. The van der Waals surface area contributed by atoms with Gasteiger partial charge in [-0.2, -0.15) is 0 Å². The Labute approximate surface area is 108 Å². The number of hydrogen-bond acceptors (Lipinski definition) is 2. The molecule has 0 aliphatic carbocycles. The molecule has 0 spiro atoms. The summed E-state index contributed by atoms with van der Waals surface area (Å²) in [5, 5.41) is 0. The molecular formula is C15H31NO. The van der Waals surface area contributed by atoms with Gasteiger partial charge in [0.1, 0.15) is 0 Å². The summed E-state index contributed by atoms with van der Waals surface area (Å²) >= 11 is 0. The van der Waals surface area contributed by atoms with Crippen molar-refractivity contribution in [3.8, 4) is 0 Å². The molecule has 0 radical (unpaired) electrons. The van der Waals surface area contributed by atoms with Crippen molar-refractivity contribution in [2.75, 3.05) is 32.8 Å². The van der Waals surface area contributed by atoms with Crippen LogP contribution < -0.4 is 0 Å². The molecule has 1 saturated heterocycles. The largest absolute Gasteiger partial charge is 0.380 e. The fourth-order valence-electron chi connectivity index (χ4n) is 2.18. The van der Waals surface area contributed by atoms with E-state index in [0.29, 0.717) is 5.41 Å². The van der Waals surface area contributed by atoms with Gasteiger partial charge in [-0.05, 0) is 37.8 Å². The maximum Gasteiger partial charge on any atom is 0.0593 e. The van der Waals surface area contributed by atoms with E-state index >= 15 is 0 Å². The van der Waals surface area contributed by atoms with E-state index in [4.69, 9.17) is 4.74 Å². The lowest BCUT2D eigenvalue weighted by molar-refractivity contribution is 0.0445. The van der Waals surface area contributed by atoms with Crippen LogP contribution >= 0.6 is 0 Å². The standard InChI is InChI=1S/C15H31NO/c1-4-15(2,3)14-17-13-12-16-10-8-6-5-7-9-11-16/h4-14H2,1-3H3. The molecule has 1 rings (SSSR count). The summed E-state index contributed by atoms with van der Waals surface area (Å²) in [5.41, 5.74) is 0.344. The van der Waals surface area contributed by atoms with Crippen LogP contribution in [-0.2, 0) is 4.74 Å². The normalized spacial score (nSPS) is 19.9. The predicted molar refractivity (Wildman–Crippen MR) is 74.4 cm³/mol. The molecule has 0 amide bonds. The van der Waals surface area contributed by atoms with Gasteiger partial charge in [0.25, 0.3) is 0 Å². The summed E-state index contributed by atoms with van der Waals surface area (Å²) in [6.45, 7) is 12.3. The van der Waals surface area contributed by atoms with Crippen LogP contribution in [0.25, 0.3) is 0 Å². The molecule has 17 heavy (non-hydrogen) atoms. The first-order valence-electron chi connectivity index (χ1n) is 7.44. The maximum atomic E-state index is 5.82. The van der Waals surface area contributed by atoms with Gasteiger partial charge in [0.2, 0.25) is 0 Å². The van der Waals surface area contributed by atoms with E-state index in [1.54, 1.807) is 0 Å². The quantitative estimate of drug-likeness (QED) is 0.657. The lowest BCUT2D eigenvalue weighted by atomic mass is 9.92. The van der Waals surface area contributed by atoms with Gasteiger partial charge in [0, 0.05) is 6.54 Å². The molecule has 0 aromatic heterocycles. The maximum absolute atomic E-state index is 5.82. The molecule has 0 N–H and O–H groups in total. The van der Waals surface area contributed by atoms with Crippen LogP contribution in [0.3, 0.4) is 0 Å². The zero-order chi connectivity index (χ0) is 12.6. The van der Waals surface area contributed by atoms with Crippen molar-refractivity contribution < 1.29 is 4.74 Å². The third kappa shape index (κ3) is 7.05. The van der Waals surface area contributed by atoms with Crippen molar-refractivity contribution in [2.45, 2.75) is 59.3 Å². The van der Waals surface area contributed by atoms with E-state index in [1.165, 1.54) is 51.6 Å². The second-order valence-electron chi connectivity index (χ2n) is 6.18. The van der Waals surface area contributed by atoms with E-state index in [9.17, 15) is 0 Å². The molecule has 0 aromatic carbocycles. The number of rotatable bonds is 6. The number of hydrogen-bond donors (Lipinski definition) is 0. The second-order valence-corrected chi connectivity index (χ2v) is 6.18. The summed E-state index contributed by atoms with van der Waals surface area (Å²) in [4.78, 5) is 2.58. The molecule has 1 fully saturated rings. The number of nitrogens with zero attached hydrogens (tertiary/aromatic N) is 1. The molecule has 0 unspecified atom stereocenters. The minimum Gasteiger partial charge on any atom is -0.380 e. The predicted octanol–water partition coefficient (Wildman–Crippen LogP) is 3.71. The summed E-state index contributed by atoms with van der Waals surface area (Å²) in [7, 11) is 0. The van der Waals surface area contributed by atoms with E-state index < -0.39 is 0 Å². The van der Waals surface area contributed by atoms with Crippen molar-refractivity contribution in [2.24, 2.45) is 5.41 Å². The molecular weight excluding hydrogens is 210 g/mol. The molecule has 0 bridgehead atoms. The van der Waals surface area contributed by atoms with Crippen LogP contribution in [0.2, 0.25) is 0 Å². The Hall–Kier alpha value is -0.0800. The number of likely N-dealkylation sites (tertiary alicyclic amines) is 1. The van der Waals surface area contributed by atoms with Gasteiger partial charge >= 0.3 is 0 Å². The van der Waals surface area contributed by atoms with Gasteiger partial charge in [-0.25, -0.2) is 0 Å². The first kappa shape index (κ1) is 15.0. The summed E-state index contributed by atoms with van der Waals surface area (Å²) in [6, 6.07) is 0. The highest BCUT2D eigenvalue weighted by Gasteiger charge is 2.15. The van der Waals surface area contributed by atoms with Gasteiger partial charge < -0.3 is 9.64 Å². The van der Waals surface area contributed by atoms with Gasteiger partial charge in [-0.15, -0.1) is 0 Å². The van der Waals surface area contributed by atoms with Gasteiger partial charge in [0.15, 0.2) is 0 Å². The average molecular weight is 241 g/mol. The van der Waals surface area contributed by atoms with E-state index in [-0.39, 0.29) is 0 Å². The molecule has 0 saturated carbocycles. The molecule has 2 nitrogen and oxygen atoms in total. The van der Waals surface area contributed by atoms with Crippen molar-refractivity contribution in [3.63, 3.8) is 0 Å².